The molecule has 1 aromatic heterocycles. The van der Waals surface area contributed by atoms with Crippen LogP contribution in [0, 0.1) is 11.8 Å². The van der Waals surface area contributed by atoms with Crippen molar-refractivity contribution in [1.82, 2.24) is 15.0 Å². The number of aromatic nitrogens is 2. The molecular weight excluding hydrogens is 278 g/mol. The van der Waals surface area contributed by atoms with E-state index < -0.39 is 0 Å². The van der Waals surface area contributed by atoms with Crippen molar-refractivity contribution in [2.24, 2.45) is 11.8 Å². The third-order valence-electron chi connectivity index (χ3n) is 4.11. The molecule has 0 radical (unpaired) electrons. The fourth-order valence-corrected chi connectivity index (χ4v) is 3.29. The van der Waals surface area contributed by atoms with Gasteiger partial charge in [0.2, 0.25) is 0 Å². The lowest BCUT2D eigenvalue weighted by atomic mass is 9.92. The summed E-state index contributed by atoms with van der Waals surface area (Å²) < 4.78 is 10.5. The fourth-order valence-electron chi connectivity index (χ4n) is 3.29. The first-order valence-corrected chi connectivity index (χ1v) is 7.83. The van der Waals surface area contributed by atoms with Crippen LogP contribution in [0.15, 0.2) is 28.8 Å². The van der Waals surface area contributed by atoms with Crippen LogP contribution in [0.25, 0.3) is 11.5 Å². The molecule has 1 fully saturated rings. The highest BCUT2D eigenvalue weighted by Gasteiger charge is 2.23. The Morgan fingerprint density at radius 3 is 2.50 bits per heavy atom. The van der Waals surface area contributed by atoms with Crippen LogP contribution in [0.2, 0.25) is 0 Å². The molecule has 1 aliphatic rings. The Labute approximate surface area is 131 Å². The number of piperidine rings is 1. The van der Waals surface area contributed by atoms with Gasteiger partial charge in [0.15, 0.2) is 5.82 Å². The summed E-state index contributed by atoms with van der Waals surface area (Å²) >= 11 is 0. The van der Waals surface area contributed by atoms with Crippen LogP contribution < -0.4 is 4.74 Å². The van der Waals surface area contributed by atoms with Crippen LogP contribution in [0.4, 0.5) is 0 Å². The molecule has 0 amide bonds. The first-order valence-electron chi connectivity index (χ1n) is 7.83. The summed E-state index contributed by atoms with van der Waals surface area (Å²) in [5, 5.41) is 4.12. The molecule has 0 bridgehead atoms. The van der Waals surface area contributed by atoms with Crippen LogP contribution in [0.3, 0.4) is 0 Å². The van der Waals surface area contributed by atoms with E-state index in [1.165, 1.54) is 6.42 Å². The van der Waals surface area contributed by atoms with Gasteiger partial charge >= 0.3 is 0 Å². The summed E-state index contributed by atoms with van der Waals surface area (Å²) in [6.45, 7) is 7.59. The Kier molecular flexibility index (Phi) is 4.43. The topological polar surface area (TPSA) is 51.4 Å². The van der Waals surface area contributed by atoms with Gasteiger partial charge in [-0.25, -0.2) is 0 Å². The Balaban J connectivity index is 1.68. The summed E-state index contributed by atoms with van der Waals surface area (Å²) in [7, 11) is 1.65. The van der Waals surface area contributed by atoms with Gasteiger partial charge in [-0.1, -0.05) is 19.0 Å². The Morgan fingerprint density at radius 1 is 1.18 bits per heavy atom. The van der Waals surface area contributed by atoms with Gasteiger partial charge < -0.3 is 9.26 Å². The van der Waals surface area contributed by atoms with Gasteiger partial charge in [-0.3, -0.25) is 4.90 Å². The van der Waals surface area contributed by atoms with E-state index in [9.17, 15) is 0 Å². The molecular formula is C17H23N3O2. The minimum absolute atomic E-state index is 0.566. The van der Waals surface area contributed by atoms with E-state index >= 15 is 0 Å². The number of rotatable bonds is 4. The van der Waals surface area contributed by atoms with E-state index in [4.69, 9.17) is 9.26 Å². The highest BCUT2D eigenvalue weighted by Crippen LogP contribution is 2.24. The normalized spacial score (nSPS) is 22.7. The maximum atomic E-state index is 5.39. The molecule has 5 heteroatoms. The van der Waals surface area contributed by atoms with Crippen molar-refractivity contribution >= 4 is 0 Å². The highest BCUT2D eigenvalue weighted by atomic mass is 16.5. The van der Waals surface area contributed by atoms with Gasteiger partial charge in [-0.2, -0.15) is 4.98 Å². The van der Waals surface area contributed by atoms with Crippen molar-refractivity contribution in [2.45, 2.75) is 26.8 Å². The van der Waals surface area contributed by atoms with Gasteiger partial charge in [0, 0.05) is 18.7 Å². The molecule has 118 valence electrons. The van der Waals surface area contributed by atoms with E-state index in [0.29, 0.717) is 5.89 Å². The molecule has 2 atom stereocenters. The first kappa shape index (κ1) is 15.0. The third kappa shape index (κ3) is 3.47. The van der Waals surface area contributed by atoms with Crippen molar-refractivity contribution in [3.63, 3.8) is 0 Å². The quantitative estimate of drug-likeness (QED) is 0.868. The second kappa shape index (κ2) is 6.48. The summed E-state index contributed by atoms with van der Waals surface area (Å²) in [5.74, 6) is 3.61. The molecule has 5 nitrogen and oxygen atoms in total. The van der Waals surface area contributed by atoms with E-state index in [1.54, 1.807) is 7.11 Å². The maximum absolute atomic E-state index is 5.39. The predicted molar refractivity (Wildman–Crippen MR) is 84.5 cm³/mol. The van der Waals surface area contributed by atoms with Crippen LogP contribution in [0.5, 0.6) is 5.75 Å². The number of hydrogen-bond acceptors (Lipinski definition) is 5. The molecule has 1 saturated heterocycles. The zero-order chi connectivity index (χ0) is 15.5. The Bertz CT molecular complexity index is 599. The van der Waals surface area contributed by atoms with Crippen molar-refractivity contribution in [1.29, 1.82) is 0 Å². The van der Waals surface area contributed by atoms with Gasteiger partial charge in [0.05, 0.1) is 13.7 Å². The summed E-state index contributed by atoms with van der Waals surface area (Å²) in [6.07, 6.45) is 1.31. The van der Waals surface area contributed by atoms with Gasteiger partial charge in [0.25, 0.3) is 5.89 Å². The first-order chi connectivity index (χ1) is 10.6. The van der Waals surface area contributed by atoms with Crippen molar-refractivity contribution in [2.75, 3.05) is 20.2 Å². The number of nitrogens with zero attached hydrogens (tertiary/aromatic N) is 3. The molecule has 2 aromatic rings. The largest absolute Gasteiger partial charge is 0.497 e. The van der Waals surface area contributed by atoms with E-state index in [-0.39, 0.29) is 0 Å². The lowest BCUT2D eigenvalue weighted by Gasteiger charge is -2.34. The molecule has 22 heavy (non-hydrogen) atoms. The maximum Gasteiger partial charge on any atom is 0.257 e. The zero-order valence-corrected chi connectivity index (χ0v) is 13.5. The molecule has 0 aliphatic carbocycles. The van der Waals surface area contributed by atoms with Gasteiger partial charge in [-0.15, -0.1) is 0 Å². The second-order valence-corrected chi connectivity index (χ2v) is 6.38. The predicted octanol–water partition coefficient (Wildman–Crippen LogP) is 3.22. The SMILES string of the molecule is COc1ccc(-c2nc(CN3CC(C)CC(C)C3)no2)cc1. The van der Waals surface area contributed by atoms with Crippen LogP contribution in [0.1, 0.15) is 26.1 Å². The minimum atomic E-state index is 0.566. The molecule has 0 saturated carbocycles. The standard InChI is InChI=1S/C17H23N3O2/c1-12-8-13(2)10-20(9-12)11-16-18-17(22-19-16)14-4-6-15(21-3)7-5-14/h4-7,12-13H,8-11H2,1-3H3. The fraction of sp³-hybridized carbons (Fsp3) is 0.529. The van der Waals surface area contributed by atoms with Crippen LogP contribution >= 0.6 is 0 Å². The minimum Gasteiger partial charge on any atom is -0.497 e. The zero-order valence-electron chi connectivity index (χ0n) is 13.5. The van der Waals surface area contributed by atoms with Crippen LogP contribution in [-0.2, 0) is 6.54 Å². The van der Waals surface area contributed by atoms with E-state index in [1.807, 2.05) is 24.3 Å². The molecule has 1 aromatic carbocycles. The van der Waals surface area contributed by atoms with Crippen molar-refractivity contribution < 1.29 is 9.26 Å². The molecule has 3 rings (SSSR count). The van der Waals surface area contributed by atoms with Gasteiger partial charge in [-0.05, 0) is 42.5 Å². The Morgan fingerprint density at radius 2 is 1.86 bits per heavy atom. The number of benzene rings is 1. The molecule has 1 aliphatic heterocycles. The van der Waals surface area contributed by atoms with E-state index in [2.05, 4.69) is 28.9 Å². The summed E-state index contributed by atoms with van der Waals surface area (Å²) in [6, 6.07) is 7.66. The third-order valence-corrected chi connectivity index (χ3v) is 4.11. The number of methoxy groups -OCH3 is 1. The van der Waals surface area contributed by atoms with Crippen molar-refractivity contribution in [3.8, 4) is 17.2 Å². The Hall–Kier alpha value is -1.88. The number of hydrogen-bond donors (Lipinski definition) is 0. The lowest BCUT2D eigenvalue weighted by Crippen LogP contribution is -2.38. The van der Waals surface area contributed by atoms with Crippen LogP contribution in [-0.4, -0.2) is 35.2 Å². The molecule has 0 N–H and O–H groups in total. The van der Waals surface area contributed by atoms with Gasteiger partial charge in [0.1, 0.15) is 5.75 Å². The van der Waals surface area contributed by atoms with E-state index in [0.717, 1.165) is 48.6 Å². The average Bonchev–Trinajstić information content (AvgIpc) is 2.95. The van der Waals surface area contributed by atoms with Crippen molar-refractivity contribution in [3.05, 3.63) is 30.1 Å². The average molecular weight is 301 g/mol. The monoisotopic (exact) mass is 301 g/mol. The second-order valence-electron chi connectivity index (χ2n) is 6.38. The highest BCUT2D eigenvalue weighted by molar-refractivity contribution is 5.54. The molecule has 2 heterocycles. The summed E-state index contributed by atoms with van der Waals surface area (Å²) in [5.41, 5.74) is 0.917. The summed E-state index contributed by atoms with van der Waals surface area (Å²) in [4.78, 5) is 6.94. The molecule has 0 spiro atoms. The lowest BCUT2D eigenvalue weighted by molar-refractivity contribution is 0.130. The smallest absolute Gasteiger partial charge is 0.257 e. The number of likely N-dealkylation sites (tertiary alicyclic amines) is 1. The number of ether oxygens (including phenoxy) is 1. The molecule has 2 unspecified atom stereocenters.